The molecule has 1 saturated heterocycles. The molecule has 2 N–H and O–H groups in total. The molecule has 114 valence electrons. The van der Waals surface area contributed by atoms with E-state index in [1.54, 1.807) is 11.9 Å². The molecular formula is C15H21N3O3. The second-order valence-corrected chi connectivity index (χ2v) is 5.13. The first kappa shape index (κ1) is 15.5. The fraction of sp³-hybridized carbons (Fsp3) is 0.467. The summed E-state index contributed by atoms with van der Waals surface area (Å²) in [5.74, 6) is -0.148. The molecule has 0 spiro atoms. The third kappa shape index (κ3) is 4.54. The Morgan fingerprint density at radius 2 is 2.29 bits per heavy atom. The quantitative estimate of drug-likeness (QED) is 0.852. The normalized spacial score (nSPS) is 18.1. The Labute approximate surface area is 124 Å². The first-order valence-electron chi connectivity index (χ1n) is 7.00. The van der Waals surface area contributed by atoms with Crippen LogP contribution in [-0.2, 0) is 20.9 Å². The van der Waals surface area contributed by atoms with Crippen molar-refractivity contribution in [3.05, 3.63) is 29.8 Å². The van der Waals surface area contributed by atoms with E-state index in [1.807, 2.05) is 24.3 Å². The highest BCUT2D eigenvalue weighted by Crippen LogP contribution is 2.13. The monoisotopic (exact) mass is 291 g/mol. The van der Waals surface area contributed by atoms with Crippen molar-refractivity contribution in [3.8, 4) is 0 Å². The van der Waals surface area contributed by atoms with Gasteiger partial charge in [0.05, 0.1) is 6.61 Å². The fourth-order valence-electron chi connectivity index (χ4n) is 2.09. The Kier molecular flexibility index (Phi) is 5.30. The number of rotatable bonds is 4. The number of carbonyl (C=O) groups excluding carboxylic acids is 2. The number of hydrogen-bond acceptors (Lipinski definition) is 4. The molecule has 0 saturated carbocycles. The first-order valence-corrected chi connectivity index (χ1v) is 7.00. The zero-order valence-corrected chi connectivity index (χ0v) is 12.4. The molecule has 2 amide bonds. The smallest absolute Gasteiger partial charge is 0.254 e. The third-order valence-corrected chi connectivity index (χ3v) is 3.37. The summed E-state index contributed by atoms with van der Waals surface area (Å²) in [5, 5.41) is 5.97. The highest BCUT2D eigenvalue weighted by Gasteiger charge is 2.21. The summed E-state index contributed by atoms with van der Waals surface area (Å²) in [6, 6.07) is 7.48. The van der Waals surface area contributed by atoms with E-state index in [9.17, 15) is 9.59 Å². The minimum atomic E-state index is -0.456. The molecule has 6 heteroatoms. The second kappa shape index (κ2) is 7.19. The number of nitrogens with one attached hydrogen (secondary N) is 2. The molecule has 0 aromatic heterocycles. The van der Waals surface area contributed by atoms with Crippen molar-refractivity contribution >= 4 is 17.5 Å². The predicted octanol–water partition coefficient (Wildman–Crippen LogP) is 0.592. The van der Waals surface area contributed by atoms with Crippen LogP contribution in [0.15, 0.2) is 24.3 Å². The number of amides is 2. The van der Waals surface area contributed by atoms with Crippen LogP contribution < -0.4 is 10.6 Å². The molecule has 1 aromatic rings. The molecule has 2 rings (SSSR count). The molecule has 0 aliphatic carbocycles. The van der Waals surface area contributed by atoms with E-state index in [1.165, 1.54) is 6.92 Å². The molecule has 1 aliphatic rings. The number of ether oxygens (including phenoxy) is 1. The van der Waals surface area contributed by atoms with Gasteiger partial charge >= 0.3 is 0 Å². The van der Waals surface area contributed by atoms with Crippen molar-refractivity contribution < 1.29 is 14.3 Å². The van der Waals surface area contributed by atoms with E-state index in [4.69, 9.17) is 4.74 Å². The lowest BCUT2D eigenvalue weighted by molar-refractivity contribution is -0.129. The summed E-state index contributed by atoms with van der Waals surface area (Å²) in [5.41, 5.74) is 1.68. The highest BCUT2D eigenvalue weighted by molar-refractivity contribution is 5.94. The number of hydrogen-bond donors (Lipinski definition) is 2. The Morgan fingerprint density at radius 3 is 2.95 bits per heavy atom. The summed E-state index contributed by atoms with van der Waals surface area (Å²) in [6.45, 7) is 3.89. The fourth-order valence-corrected chi connectivity index (χ4v) is 2.09. The molecule has 1 aliphatic heterocycles. The molecule has 1 fully saturated rings. The zero-order chi connectivity index (χ0) is 15.2. The van der Waals surface area contributed by atoms with Crippen LogP contribution in [0.5, 0.6) is 0 Å². The van der Waals surface area contributed by atoms with Gasteiger partial charge in [0.25, 0.3) is 5.91 Å². The van der Waals surface area contributed by atoms with Gasteiger partial charge in [-0.25, -0.2) is 0 Å². The molecule has 1 heterocycles. The molecule has 1 aromatic carbocycles. The van der Waals surface area contributed by atoms with Crippen LogP contribution >= 0.6 is 0 Å². The first-order chi connectivity index (χ1) is 10.1. The van der Waals surface area contributed by atoms with Crippen LogP contribution in [0.25, 0.3) is 0 Å². The second-order valence-electron chi connectivity index (χ2n) is 5.13. The van der Waals surface area contributed by atoms with Crippen molar-refractivity contribution in [1.82, 2.24) is 10.2 Å². The standard InChI is InChI=1S/C15H21N3O3/c1-11(19)18(2)10-12-4-3-5-13(8-12)17-15(20)14-9-16-6-7-21-14/h3-5,8,14,16H,6-7,9-10H2,1-2H3,(H,17,20). The maximum atomic E-state index is 12.1. The summed E-state index contributed by atoms with van der Waals surface area (Å²) < 4.78 is 5.41. The van der Waals surface area contributed by atoms with Gasteiger partial charge in [0.15, 0.2) is 0 Å². The van der Waals surface area contributed by atoms with Gasteiger partial charge in [0, 0.05) is 39.3 Å². The highest BCUT2D eigenvalue weighted by atomic mass is 16.5. The van der Waals surface area contributed by atoms with Crippen molar-refractivity contribution in [2.24, 2.45) is 0 Å². The number of morpholine rings is 1. The van der Waals surface area contributed by atoms with Crippen LogP contribution in [0.2, 0.25) is 0 Å². The van der Waals surface area contributed by atoms with Gasteiger partial charge in [0.1, 0.15) is 6.10 Å². The van der Waals surface area contributed by atoms with Crippen molar-refractivity contribution in [1.29, 1.82) is 0 Å². The topological polar surface area (TPSA) is 70.7 Å². The van der Waals surface area contributed by atoms with Gasteiger partial charge in [-0.3, -0.25) is 9.59 Å². The predicted molar refractivity (Wildman–Crippen MR) is 79.8 cm³/mol. The van der Waals surface area contributed by atoms with Crippen LogP contribution in [0.4, 0.5) is 5.69 Å². The molecule has 0 radical (unpaired) electrons. The van der Waals surface area contributed by atoms with Crippen molar-refractivity contribution in [2.45, 2.75) is 19.6 Å². The van der Waals surface area contributed by atoms with Crippen molar-refractivity contribution in [3.63, 3.8) is 0 Å². The molecule has 1 atom stereocenters. The molecule has 0 bridgehead atoms. The SMILES string of the molecule is CC(=O)N(C)Cc1cccc(NC(=O)C2CNCCO2)c1. The lowest BCUT2D eigenvalue weighted by atomic mass is 10.2. The molecule has 6 nitrogen and oxygen atoms in total. The van der Waals surface area contributed by atoms with Crippen LogP contribution in [0, 0.1) is 0 Å². The van der Waals surface area contributed by atoms with E-state index in [2.05, 4.69) is 10.6 Å². The molecule has 1 unspecified atom stereocenters. The Bertz CT molecular complexity index is 513. The zero-order valence-electron chi connectivity index (χ0n) is 12.4. The van der Waals surface area contributed by atoms with Gasteiger partial charge in [-0.2, -0.15) is 0 Å². The third-order valence-electron chi connectivity index (χ3n) is 3.37. The number of benzene rings is 1. The lowest BCUT2D eigenvalue weighted by Crippen LogP contribution is -2.45. The summed E-state index contributed by atoms with van der Waals surface area (Å²) in [7, 11) is 1.75. The molecule has 21 heavy (non-hydrogen) atoms. The lowest BCUT2D eigenvalue weighted by Gasteiger charge is -2.23. The van der Waals surface area contributed by atoms with E-state index in [0.29, 0.717) is 25.4 Å². The maximum absolute atomic E-state index is 12.1. The molecular weight excluding hydrogens is 270 g/mol. The largest absolute Gasteiger partial charge is 0.366 e. The Balaban J connectivity index is 1.97. The van der Waals surface area contributed by atoms with Gasteiger partial charge in [-0.15, -0.1) is 0 Å². The number of nitrogens with zero attached hydrogens (tertiary/aromatic N) is 1. The van der Waals surface area contributed by atoms with E-state index < -0.39 is 6.10 Å². The Morgan fingerprint density at radius 1 is 1.48 bits per heavy atom. The van der Waals surface area contributed by atoms with Crippen molar-refractivity contribution in [2.75, 3.05) is 32.1 Å². The summed E-state index contributed by atoms with van der Waals surface area (Å²) >= 11 is 0. The summed E-state index contributed by atoms with van der Waals surface area (Å²) in [6.07, 6.45) is -0.456. The Hall–Kier alpha value is -1.92. The average Bonchev–Trinajstić information content (AvgIpc) is 2.48. The van der Waals surface area contributed by atoms with Crippen LogP contribution in [0.1, 0.15) is 12.5 Å². The van der Waals surface area contributed by atoms with Gasteiger partial charge in [-0.1, -0.05) is 12.1 Å². The number of anilines is 1. The minimum absolute atomic E-state index is 0.00567. The van der Waals surface area contributed by atoms with E-state index in [0.717, 1.165) is 12.1 Å². The van der Waals surface area contributed by atoms with E-state index in [-0.39, 0.29) is 11.8 Å². The number of carbonyl (C=O) groups is 2. The minimum Gasteiger partial charge on any atom is -0.366 e. The maximum Gasteiger partial charge on any atom is 0.254 e. The van der Waals surface area contributed by atoms with E-state index >= 15 is 0 Å². The van der Waals surface area contributed by atoms with Gasteiger partial charge < -0.3 is 20.3 Å². The van der Waals surface area contributed by atoms with Crippen LogP contribution in [-0.4, -0.2) is 49.6 Å². The van der Waals surface area contributed by atoms with Gasteiger partial charge in [-0.05, 0) is 17.7 Å². The summed E-state index contributed by atoms with van der Waals surface area (Å²) in [4.78, 5) is 24.9. The average molecular weight is 291 g/mol. The van der Waals surface area contributed by atoms with Crippen LogP contribution in [0.3, 0.4) is 0 Å². The van der Waals surface area contributed by atoms with Gasteiger partial charge in [0.2, 0.25) is 5.91 Å².